The molecule has 1 N–H and O–H groups in total. The van der Waals surface area contributed by atoms with Gasteiger partial charge in [0, 0.05) is 12.0 Å². The molecule has 2 aliphatic carbocycles. The van der Waals surface area contributed by atoms with E-state index in [2.05, 4.69) is 6.58 Å². The van der Waals surface area contributed by atoms with E-state index in [-0.39, 0.29) is 17.4 Å². The van der Waals surface area contributed by atoms with Crippen LogP contribution in [-0.4, -0.2) is 47.2 Å². The van der Waals surface area contributed by atoms with Crippen LogP contribution in [0.15, 0.2) is 12.2 Å². The molecule has 0 spiro atoms. The number of hydrogen-bond donors (Lipinski definition) is 1. The highest BCUT2D eigenvalue weighted by Gasteiger charge is 2.70. The van der Waals surface area contributed by atoms with E-state index in [0.717, 1.165) is 6.92 Å². The van der Waals surface area contributed by atoms with Gasteiger partial charge in [0.25, 0.3) is 5.60 Å². The first-order valence-corrected chi connectivity index (χ1v) is 10.5. The molecule has 0 aromatic carbocycles. The van der Waals surface area contributed by atoms with Gasteiger partial charge < -0.3 is 14.6 Å². The number of halogens is 6. The quantitative estimate of drug-likeness (QED) is 0.338. The number of esters is 2. The molecule has 0 aromatic heterocycles. The predicted molar refractivity (Wildman–Crippen MR) is 100 cm³/mol. The van der Waals surface area contributed by atoms with Crippen molar-refractivity contribution in [2.45, 2.75) is 89.0 Å². The maximum atomic E-state index is 12.9. The Hall–Kier alpha value is -1.78. The molecule has 2 fully saturated rings. The molecule has 0 heterocycles. The van der Waals surface area contributed by atoms with Gasteiger partial charge in [0.2, 0.25) is 0 Å². The molecule has 32 heavy (non-hydrogen) atoms. The predicted octanol–water partition coefficient (Wildman–Crippen LogP) is 4.87. The Bertz CT molecular complexity index is 702. The molecule has 0 aromatic rings. The molecule has 2 rings (SSSR count). The van der Waals surface area contributed by atoms with Gasteiger partial charge in [-0.25, -0.2) is 4.79 Å². The lowest BCUT2D eigenvalue weighted by atomic mass is 9.64. The minimum absolute atomic E-state index is 0.157. The monoisotopic (exact) mass is 474 g/mol. The van der Waals surface area contributed by atoms with E-state index in [4.69, 9.17) is 9.47 Å². The molecule has 0 aliphatic heterocycles. The molecule has 0 bridgehead atoms. The summed E-state index contributed by atoms with van der Waals surface area (Å²) in [4.78, 5) is 24.6. The van der Waals surface area contributed by atoms with Crippen molar-refractivity contribution in [2.24, 2.45) is 17.8 Å². The van der Waals surface area contributed by atoms with Crippen molar-refractivity contribution >= 4 is 11.9 Å². The van der Waals surface area contributed by atoms with Crippen LogP contribution in [0.5, 0.6) is 0 Å². The topological polar surface area (TPSA) is 72.8 Å². The molecule has 2 aliphatic rings. The third-order valence-electron chi connectivity index (χ3n) is 6.37. The van der Waals surface area contributed by atoms with Crippen LogP contribution >= 0.6 is 0 Å². The van der Waals surface area contributed by atoms with Gasteiger partial charge in [0.05, 0.1) is 5.92 Å². The number of fused-ring (bicyclic) bond motifs is 1. The summed E-state index contributed by atoms with van der Waals surface area (Å²) in [5.41, 5.74) is -4.75. The molecule has 0 saturated heterocycles. The van der Waals surface area contributed by atoms with Crippen LogP contribution in [0, 0.1) is 17.8 Å². The van der Waals surface area contributed by atoms with Crippen molar-refractivity contribution in [1.29, 1.82) is 0 Å². The highest BCUT2D eigenvalue weighted by molar-refractivity contribution is 5.87. The van der Waals surface area contributed by atoms with E-state index >= 15 is 0 Å². The van der Waals surface area contributed by atoms with E-state index in [1.165, 1.54) is 6.92 Å². The number of carbonyl (C=O) groups is 2. The number of aliphatic hydroxyl groups is 1. The number of alkyl halides is 6. The van der Waals surface area contributed by atoms with Crippen LogP contribution in [0.2, 0.25) is 0 Å². The van der Waals surface area contributed by atoms with Crippen molar-refractivity contribution < 1.29 is 50.5 Å². The fourth-order valence-corrected chi connectivity index (χ4v) is 4.76. The van der Waals surface area contributed by atoms with Gasteiger partial charge in [0.15, 0.2) is 0 Å². The minimum atomic E-state index is -5.98. The standard InChI is InChI=1S/C21H28F6O5/c1-11(2)17(28)32-16-9-5-6-13-14(16)7-4-8-15(13)18(29)31-12(3)10-19(30,20(22,23)24)21(25,26)27/h12-16,30H,1,4-10H2,2-3H3. The number of carbonyl (C=O) groups excluding carboxylic acids is 2. The molecule has 5 nitrogen and oxygen atoms in total. The van der Waals surface area contributed by atoms with Crippen LogP contribution in [0.1, 0.15) is 58.8 Å². The zero-order valence-electron chi connectivity index (χ0n) is 17.9. The average molecular weight is 474 g/mol. The lowest BCUT2D eigenvalue weighted by molar-refractivity contribution is -0.373. The molecule has 5 atom stereocenters. The normalized spacial score (nSPS) is 27.8. The summed E-state index contributed by atoms with van der Waals surface area (Å²) in [6, 6.07) is 0. The second-order valence-corrected chi connectivity index (χ2v) is 8.83. The summed E-state index contributed by atoms with van der Waals surface area (Å²) in [6.07, 6.45) is -12.6. The van der Waals surface area contributed by atoms with Crippen molar-refractivity contribution in [3.05, 3.63) is 12.2 Å². The van der Waals surface area contributed by atoms with E-state index in [9.17, 15) is 41.0 Å². The summed E-state index contributed by atoms with van der Waals surface area (Å²) in [7, 11) is 0. The third kappa shape index (κ3) is 5.58. The first kappa shape index (κ1) is 26.5. The summed E-state index contributed by atoms with van der Waals surface area (Å²) >= 11 is 0. The number of rotatable bonds is 6. The van der Waals surface area contributed by atoms with Crippen LogP contribution in [0.3, 0.4) is 0 Å². The zero-order chi connectivity index (χ0) is 24.5. The molecule has 184 valence electrons. The van der Waals surface area contributed by atoms with Crippen LogP contribution < -0.4 is 0 Å². The first-order valence-electron chi connectivity index (χ1n) is 10.5. The Morgan fingerprint density at radius 1 is 1.00 bits per heavy atom. The number of ether oxygens (including phenoxy) is 2. The maximum absolute atomic E-state index is 12.9. The summed E-state index contributed by atoms with van der Waals surface area (Å²) in [5, 5.41) is 9.33. The average Bonchev–Trinajstić information content (AvgIpc) is 2.65. The fraction of sp³-hybridized carbons (Fsp3) is 0.810. The van der Waals surface area contributed by atoms with Gasteiger partial charge in [0.1, 0.15) is 12.2 Å². The summed E-state index contributed by atoms with van der Waals surface area (Å²) < 4.78 is 88.0. The zero-order valence-corrected chi connectivity index (χ0v) is 17.9. The smallest absolute Gasteiger partial charge is 0.426 e. The Morgan fingerprint density at radius 2 is 1.53 bits per heavy atom. The number of hydrogen-bond acceptors (Lipinski definition) is 5. The van der Waals surface area contributed by atoms with Crippen LogP contribution in [0.25, 0.3) is 0 Å². The first-order chi connectivity index (χ1) is 14.6. The van der Waals surface area contributed by atoms with E-state index in [1.54, 1.807) is 0 Å². The Balaban J connectivity index is 2.09. The molecule has 11 heteroatoms. The van der Waals surface area contributed by atoms with E-state index < -0.39 is 54.4 Å². The second kappa shape index (κ2) is 9.61. The second-order valence-electron chi connectivity index (χ2n) is 8.83. The van der Waals surface area contributed by atoms with Gasteiger partial charge in [-0.2, -0.15) is 26.3 Å². The summed E-state index contributed by atoms with van der Waals surface area (Å²) in [6.45, 7) is 5.93. The Kier molecular flexibility index (Phi) is 7.95. The molecule has 5 unspecified atom stereocenters. The third-order valence-corrected chi connectivity index (χ3v) is 6.37. The molecular weight excluding hydrogens is 446 g/mol. The van der Waals surface area contributed by atoms with Gasteiger partial charge in [-0.3, -0.25) is 4.79 Å². The van der Waals surface area contributed by atoms with Crippen molar-refractivity contribution in [3.8, 4) is 0 Å². The van der Waals surface area contributed by atoms with Gasteiger partial charge >= 0.3 is 24.3 Å². The Labute approximate surface area is 182 Å². The fourth-order valence-electron chi connectivity index (χ4n) is 4.76. The lowest BCUT2D eigenvalue weighted by Crippen LogP contribution is -2.58. The van der Waals surface area contributed by atoms with Crippen LogP contribution in [0.4, 0.5) is 26.3 Å². The largest absolute Gasteiger partial charge is 0.462 e. The molecule has 0 radical (unpaired) electrons. The lowest BCUT2D eigenvalue weighted by Gasteiger charge is -2.44. The maximum Gasteiger partial charge on any atom is 0.426 e. The van der Waals surface area contributed by atoms with Crippen molar-refractivity contribution in [1.82, 2.24) is 0 Å². The SMILES string of the molecule is C=C(C)C(=O)OC1CCCC2C(C(=O)OC(C)CC(O)(C(F)(F)F)C(F)(F)F)CCCC12. The van der Waals surface area contributed by atoms with Gasteiger partial charge in [-0.15, -0.1) is 0 Å². The molecule has 0 amide bonds. The Morgan fingerprint density at radius 3 is 2.06 bits per heavy atom. The van der Waals surface area contributed by atoms with Crippen molar-refractivity contribution in [2.75, 3.05) is 0 Å². The molecular formula is C21H28F6O5. The minimum Gasteiger partial charge on any atom is -0.462 e. The summed E-state index contributed by atoms with van der Waals surface area (Å²) in [5.74, 6) is -2.59. The van der Waals surface area contributed by atoms with Gasteiger partial charge in [-0.1, -0.05) is 13.0 Å². The van der Waals surface area contributed by atoms with Crippen LogP contribution in [-0.2, 0) is 19.1 Å². The van der Waals surface area contributed by atoms with Gasteiger partial charge in [-0.05, 0) is 57.8 Å². The van der Waals surface area contributed by atoms with E-state index in [0.29, 0.717) is 38.5 Å². The van der Waals surface area contributed by atoms with E-state index in [1.807, 2.05) is 0 Å². The van der Waals surface area contributed by atoms with Crippen molar-refractivity contribution in [3.63, 3.8) is 0 Å². The highest BCUT2D eigenvalue weighted by atomic mass is 19.4. The highest BCUT2D eigenvalue weighted by Crippen LogP contribution is 2.48. The molecule has 2 saturated carbocycles.